The number of carboxylic acids is 1. The topological polar surface area (TPSA) is 40.5 Å². The summed E-state index contributed by atoms with van der Waals surface area (Å²) in [6.45, 7) is 2.57. The van der Waals surface area contributed by atoms with Crippen LogP contribution < -0.4 is 0 Å². The highest BCUT2D eigenvalue weighted by atomic mass is 79.9. The molecule has 0 spiro atoms. The fraction of sp³-hybridized carbons (Fsp3) is 0.235. The molecule has 0 radical (unpaired) electrons. The summed E-state index contributed by atoms with van der Waals surface area (Å²) in [5, 5.41) is 9.54. The number of carbonyl (C=O) groups is 1. The first-order valence-corrected chi connectivity index (χ1v) is 7.50. The highest BCUT2D eigenvalue weighted by molar-refractivity contribution is 9.10. The van der Waals surface area contributed by atoms with Crippen LogP contribution in [0.1, 0.15) is 22.7 Å². The Morgan fingerprint density at radius 3 is 2.24 bits per heavy atom. The first-order chi connectivity index (χ1) is 9.97. The first kappa shape index (κ1) is 15.7. The van der Waals surface area contributed by atoms with Crippen LogP contribution in [-0.2, 0) is 11.3 Å². The molecular weight excluding hydrogens is 330 g/mol. The molecule has 2 aromatic rings. The summed E-state index contributed by atoms with van der Waals surface area (Å²) in [5.74, 6) is -0.835. The minimum atomic E-state index is -0.835. The SMILES string of the molecule is Cc1ccc(C(C(=O)O)N(C)Cc2ccc(Br)cc2)cc1. The Morgan fingerprint density at radius 2 is 1.71 bits per heavy atom. The Morgan fingerprint density at radius 1 is 1.14 bits per heavy atom. The molecule has 0 bridgehead atoms. The summed E-state index contributed by atoms with van der Waals surface area (Å²) < 4.78 is 1.02. The number of likely N-dealkylation sites (N-methyl/N-ethyl adjacent to an activating group) is 1. The quantitative estimate of drug-likeness (QED) is 0.887. The van der Waals surface area contributed by atoms with Crippen molar-refractivity contribution in [1.29, 1.82) is 0 Å². The minimum absolute atomic E-state index is 0.581. The van der Waals surface area contributed by atoms with E-state index in [1.807, 2.05) is 67.4 Å². The van der Waals surface area contributed by atoms with Gasteiger partial charge in [-0.2, -0.15) is 0 Å². The van der Waals surface area contributed by atoms with E-state index in [1.165, 1.54) is 0 Å². The maximum atomic E-state index is 11.6. The van der Waals surface area contributed by atoms with Gasteiger partial charge in [0.2, 0.25) is 0 Å². The van der Waals surface area contributed by atoms with Gasteiger partial charge in [0, 0.05) is 11.0 Å². The number of nitrogens with zero attached hydrogens (tertiary/aromatic N) is 1. The molecule has 21 heavy (non-hydrogen) atoms. The van der Waals surface area contributed by atoms with Gasteiger partial charge in [0.25, 0.3) is 0 Å². The number of benzene rings is 2. The van der Waals surface area contributed by atoms with Crippen LogP contribution >= 0.6 is 15.9 Å². The third kappa shape index (κ3) is 4.16. The third-order valence-electron chi connectivity index (χ3n) is 3.41. The normalized spacial score (nSPS) is 12.4. The maximum Gasteiger partial charge on any atom is 0.325 e. The second-order valence-corrected chi connectivity index (χ2v) is 6.11. The van der Waals surface area contributed by atoms with Crippen molar-refractivity contribution in [3.05, 3.63) is 69.7 Å². The van der Waals surface area contributed by atoms with Gasteiger partial charge in [0.05, 0.1) is 0 Å². The molecule has 0 heterocycles. The molecule has 0 aromatic heterocycles. The van der Waals surface area contributed by atoms with Gasteiger partial charge in [0.1, 0.15) is 6.04 Å². The van der Waals surface area contributed by atoms with Gasteiger partial charge in [0.15, 0.2) is 0 Å². The van der Waals surface area contributed by atoms with E-state index < -0.39 is 12.0 Å². The van der Waals surface area contributed by atoms with Crippen molar-refractivity contribution in [2.24, 2.45) is 0 Å². The lowest BCUT2D eigenvalue weighted by Gasteiger charge is -2.25. The monoisotopic (exact) mass is 347 g/mol. The van der Waals surface area contributed by atoms with Gasteiger partial charge >= 0.3 is 5.97 Å². The number of rotatable bonds is 5. The molecule has 2 aromatic carbocycles. The number of hydrogen-bond acceptors (Lipinski definition) is 2. The fourth-order valence-electron chi connectivity index (χ4n) is 2.30. The van der Waals surface area contributed by atoms with Crippen molar-refractivity contribution in [3.63, 3.8) is 0 Å². The van der Waals surface area contributed by atoms with E-state index in [0.717, 1.165) is 21.2 Å². The van der Waals surface area contributed by atoms with Crippen LogP contribution in [0.15, 0.2) is 53.0 Å². The number of carboxylic acid groups (broad SMARTS) is 1. The van der Waals surface area contributed by atoms with Crippen molar-refractivity contribution < 1.29 is 9.90 Å². The zero-order valence-corrected chi connectivity index (χ0v) is 13.7. The van der Waals surface area contributed by atoms with Crippen molar-refractivity contribution in [3.8, 4) is 0 Å². The summed E-state index contributed by atoms with van der Waals surface area (Å²) in [7, 11) is 1.83. The molecule has 0 saturated heterocycles. The molecule has 0 amide bonds. The van der Waals surface area contributed by atoms with Crippen molar-refractivity contribution >= 4 is 21.9 Å². The highest BCUT2D eigenvalue weighted by Crippen LogP contribution is 2.22. The van der Waals surface area contributed by atoms with Gasteiger partial charge < -0.3 is 5.11 Å². The molecule has 1 N–H and O–H groups in total. The van der Waals surface area contributed by atoms with E-state index in [4.69, 9.17) is 0 Å². The Labute approximate surface area is 133 Å². The van der Waals surface area contributed by atoms with Crippen LogP contribution in [0, 0.1) is 6.92 Å². The lowest BCUT2D eigenvalue weighted by Crippen LogP contribution is -2.30. The molecule has 0 aliphatic rings. The number of halogens is 1. The summed E-state index contributed by atoms with van der Waals surface area (Å²) in [6.07, 6.45) is 0. The van der Waals surface area contributed by atoms with Crippen LogP contribution in [0.3, 0.4) is 0 Å². The number of aryl methyl sites for hydroxylation is 1. The molecule has 0 aliphatic heterocycles. The molecule has 110 valence electrons. The predicted molar refractivity (Wildman–Crippen MR) is 87.2 cm³/mol. The lowest BCUT2D eigenvalue weighted by molar-refractivity contribution is -0.143. The summed E-state index contributed by atoms with van der Waals surface area (Å²) >= 11 is 3.40. The van der Waals surface area contributed by atoms with Gasteiger partial charge in [-0.25, -0.2) is 0 Å². The Hall–Kier alpha value is -1.65. The van der Waals surface area contributed by atoms with Crippen LogP contribution in [-0.4, -0.2) is 23.0 Å². The van der Waals surface area contributed by atoms with Gasteiger partial charge in [-0.15, -0.1) is 0 Å². The predicted octanol–water partition coefficient (Wildman–Crippen LogP) is 4.02. The molecule has 3 nitrogen and oxygen atoms in total. The molecule has 2 rings (SSSR count). The molecule has 0 fully saturated rings. The molecule has 0 aliphatic carbocycles. The summed E-state index contributed by atoms with van der Waals surface area (Å²) in [4.78, 5) is 13.5. The zero-order valence-electron chi connectivity index (χ0n) is 12.1. The van der Waals surface area contributed by atoms with E-state index >= 15 is 0 Å². The van der Waals surface area contributed by atoms with Gasteiger partial charge in [-0.3, -0.25) is 9.69 Å². The van der Waals surface area contributed by atoms with E-state index in [-0.39, 0.29) is 0 Å². The van der Waals surface area contributed by atoms with Crippen molar-refractivity contribution in [2.45, 2.75) is 19.5 Å². The summed E-state index contributed by atoms with van der Waals surface area (Å²) in [6, 6.07) is 14.9. The van der Waals surface area contributed by atoms with Crippen LogP contribution in [0.4, 0.5) is 0 Å². The van der Waals surface area contributed by atoms with Gasteiger partial charge in [-0.1, -0.05) is 57.9 Å². The van der Waals surface area contributed by atoms with Crippen molar-refractivity contribution in [2.75, 3.05) is 7.05 Å². The molecule has 0 saturated carbocycles. The van der Waals surface area contributed by atoms with E-state index in [0.29, 0.717) is 6.54 Å². The Kier molecular flexibility index (Phi) is 5.15. The smallest absolute Gasteiger partial charge is 0.325 e. The fourth-order valence-corrected chi connectivity index (χ4v) is 2.57. The minimum Gasteiger partial charge on any atom is -0.480 e. The lowest BCUT2D eigenvalue weighted by atomic mass is 10.0. The zero-order chi connectivity index (χ0) is 15.4. The second kappa shape index (κ2) is 6.87. The largest absolute Gasteiger partial charge is 0.480 e. The van der Waals surface area contributed by atoms with E-state index in [2.05, 4.69) is 15.9 Å². The maximum absolute atomic E-state index is 11.6. The average molecular weight is 348 g/mol. The molecule has 1 unspecified atom stereocenters. The number of hydrogen-bond donors (Lipinski definition) is 1. The third-order valence-corrected chi connectivity index (χ3v) is 3.94. The van der Waals surface area contributed by atoms with Crippen LogP contribution in [0.5, 0.6) is 0 Å². The van der Waals surface area contributed by atoms with E-state index in [9.17, 15) is 9.90 Å². The van der Waals surface area contributed by atoms with Crippen LogP contribution in [0.2, 0.25) is 0 Å². The Bertz CT molecular complexity index is 608. The first-order valence-electron chi connectivity index (χ1n) is 6.71. The average Bonchev–Trinajstić information content (AvgIpc) is 2.43. The molecule has 4 heteroatoms. The number of aliphatic carboxylic acids is 1. The summed E-state index contributed by atoms with van der Waals surface area (Å²) in [5.41, 5.74) is 3.00. The highest BCUT2D eigenvalue weighted by Gasteiger charge is 2.24. The van der Waals surface area contributed by atoms with Crippen molar-refractivity contribution in [1.82, 2.24) is 4.90 Å². The molecular formula is C17H18BrNO2. The standard InChI is InChI=1S/C17H18BrNO2/c1-12-3-7-14(8-4-12)16(17(20)21)19(2)11-13-5-9-15(18)10-6-13/h3-10,16H,11H2,1-2H3,(H,20,21). The second-order valence-electron chi connectivity index (χ2n) is 5.19. The Balaban J connectivity index is 2.19. The molecule has 1 atom stereocenters. The van der Waals surface area contributed by atoms with Gasteiger partial charge in [-0.05, 0) is 37.2 Å². The van der Waals surface area contributed by atoms with E-state index in [1.54, 1.807) is 0 Å². The van der Waals surface area contributed by atoms with Crippen LogP contribution in [0.25, 0.3) is 0 Å².